The number of benzene rings is 1. The van der Waals surface area contributed by atoms with Crippen LogP contribution in [0.1, 0.15) is 37.0 Å². The van der Waals surface area contributed by atoms with Crippen LogP contribution in [-0.4, -0.2) is 29.6 Å². The van der Waals surface area contributed by atoms with Crippen molar-refractivity contribution in [3.63, 3.8) is 0 Å². The smallest absolute Gasteiger partial charge is 0.326 e. The summed E-state index contributed by atoms with van der Waals surface area (Å²) < 4.78 is 5.46. The Balaban J connectivity index is 2.75. The number of carboxylic acids is 1. The molecule has 1 aromatic rings. The summed E-state index contributed by atoms with van der Waals surface area (Å²) >= 11 is 0. The fourth-order valence-electron chi connectivity index (χ4n) is 1.68. The maximum atomic E-state index is 12.1. The summed E-state index contributed by atoms with van der Waals surface area (Å²) in [6, 6.07) is 5.78. The van der Waals surface area contributed by atoms with Crippen molar-refractivity contribution in [3.05, 3.63) is 42.0 Å². The van der Waals surface area contributed by atoms with E-state index in [-0.39, 0.29) is 6.42 Å². The summed E-state index contributed by atoms with van der Waals surface area (Å²) in [6.45, 7) is 4.37. The zero-order chi connectivity index (χ0) is 15.7. The number of nitrogens with one attached hydrogen (secondary N) is 1. The Labute approximate surface area is 124 Å². The second-order valence-electron chi connectivity index (χ2n) is 4.55. The molecule has 114 valence electrons. The van der Waals surface area contributed by atoms with Crippen LogP contribution in [0.5, 0.6) is 5.75 Å². The summed E-state index contributed by atoms with van der Waals surface area (Å²) in [5.74, 6) is -0.876. The minimum Gasteiger partial charge on any atom is -0.494 e. The predicted octanol–water partition coefficient (Wildman–Crippen LogP) is 2.62. The van der Waals surface area contributed by atoms with E-state index in [0.29, 0.717) is 17.9 Å². The van der Waals surface area contributed by atoms with E-state index >= 15 is 0 Å². The van der Waals surface area contributed by atoms with Gasteiger partial charge in [0, 0.05) is 5.56 Å². The largest absolute Gasteiger partial charge is 0.494 e. The summed E-state index contributed by atoms with van der Waals surface area (Å²) in [5, 5.41) is 11.6. The zero-order valence-corrected chi connectivity index (χ0v) is 12.3. The molecule has 0 saturated carbocycles. The van der Waals surface area contributed by atoms with Gasteiger partial charge in [-0.05, 0) is 38.0 Å². The van der Waals surface area contributed by atoms with E-state index in [2.05, 4.69) is 5.32 Å². The summed E-state index contributed by atoms with van der Waals surface area (Å²) in [5.41, 5.74) is 0.385. The van der Waals surface area contributed by atoms with Gasteiger partial charge >= 0.3 is 5.97 Å². The molecule has 1 aromatic carbocycles. The SMILES string of the molecule is C/C=C/CC(NC(=O)c1cccc(OCCC)c1)C(=O)O. The second kappa shape index (κ2) is 8.79. The minimum absolute atomic E-state index is 0.254. The Kier molecular flexibility index (Phi) is 7.01. The van der Waals surface area contributed by atoms with Crippen LogP contribution >= 0.6 is 0 Å². The van der Waals surface area contributed by atoms with E-state index in [1.54, 1.807) is 43.3 Å². The highest BCUT2D eigenvalue weighted by atomic mass is 16.5. The Morgan fingerprint density at radius 1 is 1.43 bits per heavy atom. The molecule has 21 heavy (non-hydrogen) atoms. The third-order valence-corrected chi connectivity index (χ3v) is 2.78. The molecule has 1 atom stereocenters. The number of allylic oxidation sites excluding steroid dienone is 1. The number of carbonyl (C=O) groups excluding carboxylic acids is 1. The quantitative estimate of drug-likeness (QED) is 0.722. The first kappa shape index (κ1) is 16.8. The van der Waals surface area contributed by atoms with Gasteiger partial charge in [0.15, 0.2) is 0 Å². The molecule has 0 saturated heterocycles. The molecule has 0 bridgehead atoms. The van der Waals surface area contributed by atoms with Crippen molar-refractivity contribution in [2.24, 2.45) is 0 Å². The zero-order valence-electron chi connectivity index (χ0n) is 12.3. The van der Waals surface area contributed by atoms with Crippen molar-refractivity contribution in [1.82, 2.24) is 5.32 Å². The lowest BCUT2D eigenvalue weighted by Crippen LogP contribution is -2.40. The fraction of sp³-hybridized carbons (Fsp3) is 0.375. The number of hydrogen-bond acceptors (Lipinski definition) is 3. The van der Waals surface area contributed by atoms with Gasteiger partial charge in [-0.25, -0.2) is 4.79 Å². The molecule has 1 unspecified atom stereocenters. The molecule has 0 spiro atoms. The van der Waals surface area contributed by atoms with Crippen LogP contribution in [0.3, 0.4) is 0 Å². The molecule has 1 amide bonds. The molecule has 5 nitrogen and oxygen atoms in total. The monoisotopic (exact) mass is 291 g/mol. The first-order valence-electron chi connectivity index (χ1n) is 6.96. The highest BCUT2D eigenvalue weighted by molar-refractivity contribution is 5.96. The van der Waals surface area contributed by atoms with Crippen molar-refractivity contribution in [3.8, 4) is 5.75 Å². The van der Waals surface area contributed by atoms with E-state index in [4.69, 9.17) is 9.84 Å². The molecule has 0 aromatic heterocycles. The lowest BCUT2D eigenvalue weighted by molar-refractivity contribution is -0.139. The van der Waals surface area contributed by atoms with Gasteiger partial charge in [-0.1, -0.05) is 25.1 Å². The molecule has 2 N–H and O–H groups in total. The van der Waals surface area contributed by atoms with Crippen molar-refractivity contribution >= 4 is 11.9 Å². The molecule has 0 aliphatic carbocycles. The van der Waals surface area contributed by atoms with Crippen LogP contribution in [0.4, 0.5) is 0 Å². The number of ether oxygens (including phenoxy) is 1. The van der Waals surface area contributed by atoms with Gasteiger partial charge in [-0.15, -0.1) is 0 Å². The van der Waals surface area contributed by atoms with Gasteiger partial charge in [0.1, 0.15) is 11.8 Å². The van der Waals surface area contributed by atoms with Gasteiger partial charge in [0.25, 0.3) is 5.91 Å². The molecular formula is C16H21NO4. The third-order valence-electron chi connectivity index (χ3n) is 2.78. The number of hydrogen-bond donors (Lipinski definition) is 2. The van der Waals surface area contributed by atoms with Gasteiger partial charge in [0.2, 0.25) is 0 Å². The van der Waals surface area contributed by atoms with E-state index in [9.17, 15) is 9.59 Å². The standard InChI is InChI=1S/C16H21NO4/c1-3-5-9-14(16(19)20)17-15(18)12-7-6-8-13(11-12)21-10-4-2/h3,5-8,11,14H,4,9-10H2,1-2H3,(H,17,18)(H,19,20)/b5-3+. The van der Waals surface area contributed by atoms with Gasteiger partial charge < -0.3 is 15.2 Å². The molecular weight excluding hydrogens is 270 g/mol. The molecule has 1 rings (SSSR count). The van der Waals surface area contributed by atoms with Crippen LogP contribution in [0, 0.1) is 0 Å². The Morgan fingerprint density at radius 2 is 2.19 bits per heavy atom. The first-order chi connectivity index (χ1) is 10.1. The maximum absolute atomic E-state index is 12.1. The van der Waals surface area contributed by atoms with E-state index in [0.717, 1.165) is 6.42 Å². The highest BCUT2D eigenvalue weighted by Gasteiger charge is 2.19. The Bertz CT molecular complexity index is 511. The van der Waals surface area contributed by atoms with Crippen LogP contribution in [0.25, 0.3) is 0 Å². The lowest BCUT2D eigenvalue weighted by Gasteiger charge is -2.13. The van der Waals surface area contributed by atoms with Crippen molar-refractivity contribution < 1.29 is 19.4 Å². The molecule has 0 radical (unpaired) electrons. The molecule has 5 heteroatoms. The topological polar surface area (TPSA) is 75.6 Å². The average Bonchev–Trinajstić information content (AvgIpc) is 2.49. The van der Waals surface area contributed by atoms with Gasteiger partial charge in [-0.3, -0.25) is 4.79 Å². The lowest BCUT2D eigenvalue weighted by atomic mass is 10.1. The predicted molar refractivity (Wildman–Crippen MR) is 80.5 cm³/mol. The van der Waals surface area contributed by atoms with Gasteiger partial charge in [0.05, 0.1) is 6.61 Å². The van der Waals surface area contributed by atoms with Crippen molar-refractivity contribution in [2.45, 2.75) is 32.7 Å². The number of carbonyl (C=O) groups is 2. The summed E-state index contributed by atoms with van der Waals surface area (Å²) in [7, 11) is 0. The van der Waals surface area contributed by atoms with E-state index in [1.807, 2.05) is 6.92 Å². The normalized spacial score (nSPS) is 12.1. The molecule has 0 aliphatic rings. The number of carboxylic acid groups (broad SMARTS) is 1. The third kappa shape index (κ3) is 5.69. The summed E-state index contributed by atoms with van der Waals surface area (Å²) in [6.07, 6.45) is 4.59. The molecule has 0 heterocycles. The average molecular weight is 291 g/mol. The maximum Gasteiger partial charge on any atom is 0.326 e. The summed E-state index contributed by atoms with van der Waals surface area (Å²) in [4.78, 5) is 23.2. The van der Waals surface area contributed by atoms with Crippen molar-refractivity contribution in [1.29, 1.82) is 0 Å². The van der Waals surface area contributed by atoms with E-state index in [1.165, 1.54) is 0 Å². The van der Waals surface area contributed by atoms with Gasteiger partial charge in [-0.2, -0.15) is 0 Å². The molecule has 0 aliphatic heterocycles. The number of aliphatic carboxylic acids is 1. The number of amides is 1. The van der Waals surface area contributed by atoms with Crippen LogP contribution in [0.2, 0.25) is 0 Å². The van der Waals surface area contributed by atoms with Crippen LogP contribution in [-0.2, 0) is 4.79 Å². The molecule has 0 fully saturated rings. The second-order valence-corrected chi connectivity index (χ2v) is 4.55. The minimum atomic E-state index is -1.06. The van der Waals surface area contributed by atoms with Crippen molar-refractivity contribution in [2.75, 3.05) is 6.61 Å². The Hall–Kier alpha value is -2.30. The fourth-order valence-corrected chi connectivity index (χ4v) is 1.68. The Morgan fingerprint density at radius 3 is 2.81 bits per heavy atom. The van der Waals surface area contributed by atoms with Crippen LogP contribution in [0.15, 0.2) is 36.4 Å². The number of rotatable bonds is 8. The first-order valence-corrected chi connectivity index (χ1v) is 6.96. The highest BCUT2D eigenvalue weighted by Crippen LogP contribution is 2.14. The van der Waals surface area contributed by atoms with E-state index < -0.39 is 17.9 Å². The van der Waals surface area contributed by atoms with Crippen LogP contribution < -0.4 is 10.1 Å².